The highest BCUT2D eigenvalue weighted by atomic mass is 19.3. The first-order valence-corrected chi connectivity index (χ1v) is 14.3. The second kappa shape index (κ2) is 9.85. The van der Waals surface area contributed by atoms with Gasteiger partial charge >= 0.3 is 0 Å². The lowest BCUT2D eigenvalue weighted by atomic mass is 9.87. The molecule has 4 bridgehead atoms. The van der Waals surface area contributed by atoms with Gasteiger partial charge in [-0.25, -0.2) is 13.8 Å². The number of carbonyl (C=O) groups is 2. The maximum absolute atomic E-state index is 16.0. The van der Waals surface area contributed by atoms with E-state index in [-0.39, 0.29) is 54.7 Å². The Morgan fingerprint density at radius 3 is 2.65 bits per heavy atom. The number of rotatable bonds is 0. The lowest BCUT2D eigenvalue weighted by molar-refractivity contribution is -0.135. The van der Waals surface area contributed by atoms with Crippen LogP contribution in [-0.2, 0) is 21.9 Å². The number of nitrogens with two attached hydrogens (primary N) is 1. The van der Waals surface area contributed by atoms with Gasteiger partial charge < -0.3 is 15.8 Å². The summed E-state index contributed by atoms with van der Waals surface area (Å²) in [5.41, 5.74) is 8.16. The highest BCUT2D eigenvalue weighted by Crippen LogP contribution is 2.56. The van der Waals surface area contributed by atoms with Crippen molar-refractivity contribution in [3.63, 3.8) is 0 Å². The van der Waals surface area contributed by atoms with Crippen molar-refractivity contribution in [3.05, 3.63) is 64.7 Å². The maximum atomic E-state index is 16.0. The Kier molecular flexibility index (Phi) is 6.58. The Morgan fingerprint density at radius 1 is 1.05 bits per heavy atom. The number of fused-ring (bicyclic) bond motifs is 8. The summed E-state index contributed by atoms with van der Waals surface area (Å²) in [5, 5.41) is 3.11. The highest BCUT2D eigenvalue weighted by Gasteiger charge is 2.57. The maximum Gasteiger partial charge on any atom is 0.278 e. The molecule has 7 rings (SSSR count). The van der Waals surface area contributed by atoms with Gasteiger partial charge in [0.1, 0.15) is 11.4 Å². The van der Waals surface area contributed by atoms with Gasteiger partial charge in [-0.3, -0.25) is 14.5 Å². The van der Waals surface area contributed by atoms with E-state index in [1.54, 1.807) is 18.2 Å². The molecule has 2 aromatic carbocycles. The van der Waals surface area contributed by atoms with Gasteiger partial charge in [-0.15, -0.1) is 0 Å². The predicted molar refractivity (Wildman–Crippen MR) is 147 cm³/mol. The Bertz CT molecular complexity index is 1370. The molecular formula is C31H36F2N4O3. The number of hydrogen-bond acceptors (Lipinski definition) is 5. The zero-order chi connectivity index (χ0) is 28.2. The lowest BCUT2D eigenvalue weighted by Gasteiger charge is -2.39. The summed E-state index contributed by atoms with van der Waals surface area (Å²) in [4.78, 5) is 32.6. The molecule has 9 heteroatoms. The van der Waals surface area contributed by atoms with E-state index in [1.807, 2.05) is 19.9 Å². The Hall–Kier alpha value is -3.49. The number of guanidine groups is 1. The topological polar surface area (TPSA) is 97.0 Å². The fourth-order valence-corrected chi connectivity index (χ4v) is 6.97. The molecule has 0 aromatic heterocycles. The Balaban J connectivity index is 1.37. The van der Waals surface area contributed by atoms with Crippen LogP contribution in [0.5, 0.6) is 5.75 Å². The average Bonchev–Trinajstić information content (AvgIpc) is 3.10. The Labute approximate surface area is 233 Å². The first-order valence-electron chi connectivity index (χ1n) is 14.3. The first-order chi connectivity index (χ1) is 19.0. The Morgan fingerprint density at radius 2 is 1.85 bits per heavy atom. The molecule has 0 saturated carbocycles. The van der Waals surface area contributed by atoms with E-state index in [0.717, 1.165) is 36.1 Å². The average molecular weight is 551 g/mol. The molecule has 0 saturated heterocycles. The largest absolute Gasteiger partial charge is 0.487 e. The van der Waals surface area contributed by atoms with Crippen LogP contribution in [0.2, 0.25) is 0 Å². The van der Waals surface area contributed by atoms with Crippen molar-refractivity contribution in [1.29, 1.82) is 0 Å². The number of hydrogen-bond donors (Lipinski definition) is 2. The number of aryl methyl sites for hydroxylation is 1. The van der Waals surface area contributed by atoms with Crippen LogP contribution in [-0.4, -0.2) is 34.3 Å². The van der Waals surface area contributed by atoms with Gasteiger partial charge in [0.25, 0.3) is 5.92 Å². The smallest absolute Gasteiger partial charge is 0.278 e. The number of aliphatic imine (C=N–C) groups is 1. The SMILES string of the molecule is CC1(C)CC2NC(=O)CCC3C(c4ccccc4C3(F)F)N3C(=O)CC(CCCCc4ccc(c2c4)O1)N=C3N. The minimum Gasteiger partial charge on any atom is -0.487 e. The summed E-state index contributed by atoms with van der Waals surface area (Å²) >= 11 is 0. The summed E-state index contributed by atoms with van der Waals surface area (Å²) < 4.78 is 38.1. The van der Waals surface area contributed by atoms with Crippen molar-refractivity contribution in [3.8, 4) is 5.75 Å². The molecule has 4 heterocycles. The van der Waals surface area contributed by atoms with Crippen LogP contribution in [0.3, 0.4) is 0 Å². The van der Waals surface area contributed by atoms with Crippen molar-refractivity contribution < 1.29 is 23.1 Å². The second-order valence-corrected chi connectivity index (χ2v) is 12.2. The van der Waals surface area contributed by atoms with E-state index in [4.69, 9.17) is 10.5 Å². The van der Waals surface area contributed by atoms with Gasteiger partial charge in [0.2, 0.25) is 11.8 Å². The van der Waals surface area contributed by atoms with E-state index in [0.29, 0.717) is 18.4 Å². The highest BCUT2D eigenvalue weighted by molar-refractivity contribution is 5.99. The van der Waals surface area contributed by atoms with Crippen LogP contribution in [0.4, 0.5) is 8.78 Å². The number of ether oxygens (including phenoxy) is 1. The first kappa shape index (κ1) is 26.7. The molecule has 1 aliphatic carbocycles. The van der Waals surface area contributed by atoms with Crippen molar-refractivity contribution >= 4 is 17.8 Å². The fourth-order valence-electron chi connectivity index (χ4n) is 6.97. The molecule has 212 valence electrons. The molecule has 40 heavy (non-hydrogen) atoms. The zero-order valence-electron chi connectivity index (χ0n) is 23.0. The molecule has 3 N–H and O–H groups in total. The van der Waals surface area contributed by atoms with E-state index < -0.39 is 23.5 Å². The predicted octanol–water partition coefficient (Wildman–Crippen LogP) is 5.29. The zero-order valence-corrected chi connectivity index (χ0v) is 23.0. The van der Waals surface area contributed by atoms with Crippen LogP contribution in [0.25, 0.3) is 0 Å². The second-order valence-electron chi connectivity index (χ2n) is 12.2. The van der Waals surface area contributed by atoms with Crippen LogP contribution in [0.15, 0.2) is 47.5 Å². The number of nitrogens with one attached hydrogen (secondary N) is 1. The van der Waals surface area contributed by atoms with Gasteiger partial charge in [0, 0.05) is 30.4 Å². The van der Waals surface area contributed by atoms with Crippen molar-refractivity contribution in [2.45, 2.75) is 94.9 Å². The normalized spacial score (nSPS) is 29.3. The number of alkyl halides is 2. The van der Waals surface area contributed by atoms with E-state index in [2.05, 4.69) is 22.4 Å². The molecule has 2 amide bonds. The number of carbonyl (C=O) groups excluding carboxylic acids is 2. The van der Waals surface area contributed by atoms with Gasteiger partial charge in [-0.2, -0.15) is 0 Å². The molecule has 0 fully saturated rings. The summed E-state index contributed by atoms with van der Waals surface area (Å²) in [6.07, 6.45) is 3.77. The van der Waals surface area contributed by atoms with E-state index >= 15 is 8.78 Å². The van der Waals surface area contributed by atoms with Gasteiger partial charge in [0.15, 0.2) is 5.96 Å². The molecule has 7 nitrogen and oxygen atoms in total. The van der Waals surface area contributed by atoms with Crippen LogP contribution in [0, 0.1) is 5.92 Å². The van der Waals surface area contributed by atoms with E-state index in [1.165, 1.54) is 11.0 Å². The standard InChI is InChI=1S/C31H36F2N4O3/c1-30(2)17-24-21-15-18(11-13-25(21)40-30)7-3-4-8-19-16-27(39)37(29(34)35-19)28-20-9-5-6-10-22(20)31(32,33)23(28)12-14-26(38)36-24/h5-6,9-11,13,15,19,23-24,28H,3-4,7-8,12,14,16-17H2,1-2H3,(H2,34,35)(H,36,38). The summed E-state index contributed by atoms with van der Waals surface area (Å²) in [5.74, 6) is -4.42. The molecule has 0 spiro atoms. The summed E-state index contributed by atoms with van der Waals surface area (Å²) in [6, 6.07) is 10.9. The molecule has 5 aliphatic rings. The number of amides is 2. The van der Waals surface area contributed by atoms with Gasteiger partial charge in [-0.05, 0) is 56.7 Å². The number of halogens is 2. The van der Waals surface area contributed by atoms with Gasteiger partial charge in [0.05, 0.1) is 24.0 Å². The lowest BCUT2D eigenvalue weighted by Crippen LogP contribution is -2.51. The molecule has 0 radical (unpaired) electrons. The molecule has 2 aromatic rings. The molecule has 4 atom stereocenters. The number of benzene rings is 2. The monoisotopic (exact) mass is 550 g/mol. The van der Waals surface area contributed by atoms with Crippen LogP contribution >= 0.6 is 0 Å². The van der Waals surface area contributed by atoms with Crippen molar-refractivity contribution in [2.75, 3.05) is 0 Å². The molecular weight excluding hydrogens is 514 g/mol. The van der Waals surface area contributed by atoms with Gasteiger partial charge in [-0.1, -0.05) is 42.8 Å². The third-order valence-corrected chi connectivity index (χ3v) is 8.81. The third kappa shape index (κ3) is 4.73. The molecule has 4 unspecified atom stereocenters. The minimum absolute atomic E-state index is 0.0148. The third-order valence-electron chi connectivity index (χ3n) is 8.81. The fraction of sp³-hybridized carbons (Fsp3) is 0.516. The molecule has 4 aliphatic heterocycles. The number of nitrogens with zero attached hydrogens (tertiary/aromatic N) is 2. The minimum atomic E-state index is -3.23. The van der Waals surface area contributed by atoms with E-state index in [9.17, 15) is 9.59 Å². The van der Waals surface area contributed by atoms with Crippen molar-refractivity contribution in [1.82, 2.24) is 10.2 Å². The summed E-state index contributed by atoms with van der Waals surface area (Å²) in [6.45, 7) is 3.96. The quantitative estimate of drug-likeness (QED) is 0.466. The van der Waals surface area contributed by atoms with Crippen LogP contribution in [0.1, 0.15) is 93.1 Å². The van der Waals surface area contributed by atoms with Crippen molar-refractivity contribution in [2.24, 2.45) is 16.6 Å². The summed E-state index contributed by atoms with van der Waals surface area (Å²) in [7, 11) is 0. The van der Waals surface area contributed by atoms with Crippen LogP contribution < -0.4 is 15.8 Å².